The van der Waals surface area contributed by atoms with Gasteiger partial charge in [-0.15, -0.1) is 0 Å². The summed E-state index contributed by atoms with van der Waals surface area (Å²) in [5.74, 6) is -0.611. The number of aryl methyl sites for hydroxylation is 1. The van der Waals surface area contributed by atoms with Crippen LogP contribution >= 0.6 is 0 Å². The molecule has 0 saturated heterocycles. The molecule has 0 radical (unpaired) electrons. The highest BCUT2D eigenvalue weighted by Gasteiger charge is 2.30. The zero-order chi connectivity index (χ0) is 20.9. The molecule has 0 spiro atoms. The molecule has 0 fully saturated rings. The highest BCUT2D eigenvalue weighted by molar-refractivity contribution is 5.94. The van der Waals surface area contributed by atoms with E-state index >= 15 is 0 Å². The fourth-order valence-electron chi connectivity index (χ4n) is 2.65. The molecule has 3 aromatic rings. The van der Waals surface area contributed by atoms with Crippen molar-refractivity contribution in [2.24, 2.45) is 0 Å². The van der Waals surface area contributed by atoms with E-state index in [1.807, 2.05) is 6.07 Å². The number of nitrogens with one attached hydrogen (secondary N) is 1. The minimum Gasteiger partial charge on any atom is -0.352 e. The molecule has 9 heteroatoms. The molecule has 0 atom stereocenters. The maximum Gasteiger partial charge on any atom is 0.416 e. The molecule has 6 nitrogen and oxygen atoms in total. The van der Waals surface area contributed by atoms with Crippen LogP contribution in [0.25, 0.3) is 11.3 Å². The summed E-state index contributed by atoms with van der Waals surface area (Å²) in [5, 5.41) is 6.84. The van der Waals surface area contributed by atoms with Crippen molar-refractivity contribution < 1.29 is 18.0 Å². The van der Waals surface area contributed by atoms with Crippen LogP contribution in [0.1, 0.15) is 22.3 Å². The Hall–Kier alpha value is -3.49. The Morgan fingerprint density at radius 3 is 2.66 bits per heavy atom. The molecular weight excluding hydrogens is 385 g/mol. The number of aromatic nitrogens is 3. The predicted octanol–water partition coefficient (Wildman–Crippen LogP) is 3.14. The van der Waals surface area contributed by atoms with E-state index in [-0.39, 0.29) is 24.2 Å². The fraction of sp³-hybridized carbons (Fsp3) is 0.200. The summed E-state index contributed by atoms with van der Waals surface area (Å²) >= 11 is 0. The van der Waals surface area contributed by atoms with Crippen molar-refractivity contribution in [2.75, 3.05) is 6.54 Å². The number of nitrogens with zero attached hydrogens (tertiary/aromatic N) is 3. The van der Waals surface area contributed by atoms with E-state index in [1.165, 1.54) is 22.9 Å². The summed E-state index contributed by atoms with van der Waals surface area (Å²) in [7, 11) is 0. The van der Waals surface area contributed by atoms with Crippen LogP contribution in [-0.4, -0.2) is 27.2 Å². The lowest BCUT2D eigenvalue weighted by molar-refractivity contribution is -0.137. The number of carbonyl (C=O) groups is 1. The second kappa shape index (κ2) is 8.68. The molecule has 1 aromatic carbocycles. The minimum atomic E-state index is -4.51. The Labute approximate surface area is 164 Å². The zero-order valence-electron chi connectivity index (χ0n) is 15.2. The molecule has 2 aromatic heterocycles. The Bertz CT molecular complexity index is 1050. The van der Waals surface area contributed by atoms with Crippen LogP contribution in [0.15, 0.2) is 65.7 Å². The molecule has 0 aliphatic heterocycles. The molecule has 1 N–H and O–H groups in total. The van der Waals surface area contributed by atoms with Gasteiger partial charge >= 0.3 is 6.18 Å². The molecule has 0 unspecified atom stereocenters. The molecule has 150 valence electrons. The van der Waals surface area contributed by atoms with Gasteiger partial charge in [0.1, 0.15) is 0 Å². The first-order chi connectivity index (χ1) is 13.8. The number of alkyl halides is 3. The standard InChI is InChI=1S/C20H17F3N4O2/c21-20(22,23)16-6-1-4-14(12-16)19(29)25-10-3-11-27-18(28)8-7-17(26-27)15-5-2-9-24-13-15/h1-2,4-9,12-13H,3,10-11H2,(H,25,29). The average molecular weight is 402 g/mol. The van der Waals surface area contributed by atoms with Gasteiger partial charge in [-0.2, -0.15) is 18.3 Å². The SMILES string of the molecule is O=C(NCCCn1nc(-c2cccnc2)ccc1=O)c1cccc(C(F)(F)F)c1. The van der Waals surface area contributed by atoms with Gasteiger partial charge in [-0.1, -0.05) is 6.07 Å². The van der Waals surface area contributed by atoms with E-state index < -0.39 is 17.6 Å². The third-order valence-corrected chi connectivity index (χ3v) is 4.11. The van der Waals surface area contributed by atoms with Crippen LogP contribution in [0, 0.1) is 0 Å². The molecule has 0 saturated carbocycles. The van der Waals surface area contributed by atoms with Crippen LogP contribution in [0.3, 0.4) is 0 Å². The van der Waals surface area contributed by atoms with Crippen LogP contribution in [0.2, 0.25) is 0 Å². The van der Waals surface area contributed by atoms with Crippen molar-refractivity contribution in [1.29, 1.82) is 0 Å². The number of carbonyl (C=O) groups excluding carboxylic acids is 1. The fourth-order valence-corrected chi connectivity index (χ4v) is 2.65. The highest BCUT2D eigenvalue weighted by atomic mass is 19.4. The van der Waals surface area contributed by atoms with Gasteiger partial charge in [-0.3, -0.25) is 14.6 Å². The lowest BCUT2D eigenvalue weighted by Gasteiger charge is -2.10. The van der Waals surface area contributed by atoms with E-state index in [2.05, 4.69) is 15.4 Å². The lowest BCUT2D eigenvalue weighted by atomic mass is 10.1. The van der Waals surface area contributed by atoms with Gasteiger partial charge in [0.2, 0.25) is 0 Å². The molecule has 3 rings (SSSR count). The van der Waals surface area contributed by atoms with Crippen molar-refractivity contribution in [3.05, 3.63) is 82.4 Å². The van der Waals surface area contributed by atoms with Gasteiger partial charge in [0.05, 0.1) is 11.3 Å². The number of rotatable bonds is 6. The van der Waals surface area contributed by atoms with E-state index in [0.29, 0.717) is 12.1 Å². The van der Waals surface area contributed by atoms with Crippen LogP contribution in [0.5, 0.6) is 0 Å². The maximum atomic E-state index is 12.7. The number of hydrogen-bond donors (Lipinski definition) is 1. The first-order valence-electron chi connectivity index (χ1n) is 8.78. The van der Waals surface area contributed by atoms with E-state index in [0.717, 1.165) is 17.7 Å². The predicted molar refractivity (Wildman–Crippen MR) is 100 cm³/mol. The summed E-state index contributed by atoms with van der Waals surface area (Å²) in [6.45, 7) is 0.427. The lowest BCUT2D eigenvalue weighted by Crippen LogP contribution is -2.28. The Kier molecular flexibility index (Phi) is 6.06. The first kappa shape index (κ1) is 20.2. The van der Waals surface area contributed by atoms with Gasteiger partial charge in [-0.05, 0) is 42.8 Å². The van der Waals surface area contributed by atoms with Crippen LogP contribution < -0.4 is 10.9 Å². The molecule has 2 heterocycles. The van der Waals surface area contributed by atoms with Crippen molar-refractivity contribution in [3.8, 4) is 11.3 Å². The number of pyridine rings is 1. The van der Waals surface area contributed by atoms with Crippen molar-refractivity contribution >= 4 is 5.91 Å². The van der Waals surface area contributed by atoms with Crippen LogP contribution in [0.4, 0.5) is 13.2 Å². The normalized spacial score (nSPS) is 11.3. The highest BCUT2D eigenvalue weighted by Crippen LogP contribution is 2.29. The summed E-state index contributed by atoms with van der Waals surface area (Å²) in [6, 6.07) is 10.8. The summed E-state index contributed by atoms with van der Waals surface area (Å²) in [5.41, 5.74) is 0.105. The monoisotopic (exact) mass is 402 g/mol. The van der Waals surface area contributed by atoms with Crippen molar-refractivity contribution in [2.45, 2.75) is 19.1 Å². The smallest absolute Gasteiger partial charge is 0.352 e. The van der Waals surface area contributed by atoms with Gasteiger partial charge in [0.25, 0.3) is 11.5 Å². The quantitative estimate of drug-likeness (QED) is 0.643. The molecule has 1 amide bonds. The number of benzene rings is 1. The largest absolute Gasteiger partial charge is 0.416 e. The molecule has 0 aliphatic carbocycles. The number of halogens is 3. The van der Waals surface area contributed by atoms with E-state index in [9.17, 15) is 22.8 Å². The molecule has 29 heavy (non-hydrogen) atoms. The summed E-state index contributed by atoms with van der Waals surface area (Å²) in [6.07, 6.45) is -0.866. The maximum absolute atomic E-state index is 12.7. The minimum absolute atomic E-state index is 0.0753. The number of hydrogen-bond acceptors (Lipinski definition) is 4. The van der Waals surface area contributed by atoms with E-state index in [4.69, 9.17) is 0 Å². The number of amides is 1. The van der Waals surface area contributed by atoms with Gasteiger partial charge in [0, 0.05) is 42.7 Å². The van der Waals surface area contributed by atoms with Gasteiger partial charge in [-0.25, -0.2) is 4.68 Å². The second-order valence-electron chi connectivity index (χ2n) is 6.21. The van der Waals surface area contributed by atoms with Crippen molar-refractivity contribution in [1.82, 2.24) is 20.1 Å². The Morgan fingerprint density at radius 2 is 1.93 bits per heavy atom. The molecule has 0 bridgehead atoms. The third-order valence-electron chi connectivity index (χ3n) is 4.11. The topological polar surface area (TPSA) is 76.9 Å². The van der Waals surface area contributed by atoms with Crippen LogP contribution in [-0.2, 0) is 12.7 Å². The first-order valence-corrected chi connectivity index (χ1v) is 8.78. The second-order valence-corrected chi connectivity index (χ2v) is 6.21. The van der Waals surface area contributed by atoms with Gasteiger partial charge < -0.3 is 5.32 Å². The molecular formula is C20H17F3N4O2. The summed E-state index contributed by atoms with van der Waals surface area (Å²) < 4.78 is 39.5. The van der Waals surface area contributed by atoms with Crippen molar-refractivity contribution in [3.63, 3.8) is 0 Å². The van der Waals surface area contributed by atoms with E-state index in [1.54, 1.807) is 24.5 Å². The summed E-state index contributed by atoms with van der Waals surface area (Å²) in [4.78, 5) is 28.1. The molecule has 0 aliphatic rings. The Morgan fingerprint density at radius 1 is 1.10 bits per heavy atom. The zero-order valence-corrected chi connectivity index (χ0v) is 15.2. The van der Waals surface area contributed by atoms with Gasteiger partial charge in [0.15, 0.2) is 0 Å². The third kappa shape index (κ3) is 5.28. The average Bonchev–Trinajstić information content (AvgIpc) is 2.72. The Balaban J connectivity index is 1.58.